The predicted octanol–water partition coefficient (Wildman–Crippen LogP) is 2.14. The fraction of sp³-hybridized carbons (Fsp3) is 0.286. The van der Waals surface area contributed by atoms with Gasteiger partial charge in [-0.3, -0.25) is 9.59 Å². The molecule has 1 heterocycles. The van der Waals surface area contributed by atoms with Crippen molar-refractivity contribution in [1.29, 1.82) is 0 Å². The number of nitrogen functional groups attached to an aromatic ring is 1. The van der Waals surface area contributed by atoms with Gasteiger partial charge in [-0.25, -0.2) is 0 Å². The minimum atomic E-state index is -0.155. The maximum Gasteiger partial charge on any atom is 0.307 e. The molecule has 0 aliphatic carbocycles. The van der Waals surface area contributed by atoms with Crippen molar-refractivity contribution in [3.63, 3.8) is 0 Å². The normalized spacial score (nSPS) is 10.5. The molecular formula is C14H17N3O2S. The van der Waals surface area contributed by atoms with E-state index in [1.807, 2.05) is 26.0 Å². The van der Waals surface area contributed by atoms with Crippen molar-refractivity contribution in [2.24, 2.45) is 0 Å². The third-order valence-electron chi connectivity index (χ3n) is 3.17. The van der Waals surface area contributed by atoms with Crippen LogP contribution >= 0.6 is 11.3 Å². The quantitative estimate of drug-likeness (QED) is 0.847. The first-order chi connectivity index (χ1) is 9.49. The van der Waals surface area contributed by atoms with E-state index in [9.17, 15) is 9.59 Å². The molecule has 1 aromatic carbocycles. The van der Waals surface area contributed by atoms with E-state index in [2.05, 4.69) is 5.32 Å². The number of hydrogen-bond acceptors (Lipinski definition) is 4. The van der Waals surface area contributed by atoms with Crippen LogP contribution in [-0.4, -0.2) is 10.5 Å². The second kappa shape index (κ2) is 5.92. The maximum absolute atomic E-state index is 11.9. The molecule has 0 bridgehead atoms. The number of thiazole rings is 1. The number of amides is 1. The standard InChI is InChI=1S/C14H17N3O2S/c1-9-10(2)20-14(19)17(9)8-7-13(18)16-12-6-4-3-5-11(12)15/h3-6H,7-8,15H2,1-2H3,(H,16,18). The summed E-state index contributed by atoms with van der Waals surface area (Å²) in [6, 6.07) is 7.09. The second-order valence-electron chi connectivity index (χ2n) is 4.55. The summed E-state index contributed by atoms with van der Waals surface area (Å²) < 4.78 is 1.63. The highest BCUT2D eigenvalue weighted by molar-refractivity contribution is 7.09. The number of carbonyl (C=O) groups is 1. The summed E-state index contributed by atoms with van der Waals surface area (Å²) in [6.07, 6.45) is 0.241. The van der Waals surface area contributed by atoms with Gasteiger partial charge in [0.25, 0.3) is 0 Å². The first-order valence-corrected chi connectivity index (χ1v) is 7.12. The number of nitrogens with zero attached hydrogens (tertiary/aromatic N) is 1. The molecule has 1 amide bonds. The Morgan fingerprint density at radius 3 is 2.65 bits per heavy atom. The van der Waals surface area contributed by atoms with Crippen LogP contribution in [0.4, 0.5) is 11.4 Å². The lowest BCUT2D eigenvalue weighted by atomic mass is 10.2. The molecule has 3 N–H and O–H groups in total. The zero-order valence-corrected chi connectivity index (χ0v) is 12.3. The molecule has 0 aliphatic rings. The molecule has 6 heteroatoms. The van der Waals surface area contributed by atoms with Gasteiger partial charge in [-0.1, -0.05) is 23.5 Å². The fourth-order valence-corrected chi connectivity index (χ4v) is 2.74. The Morgan fingerprint density at radius 2 is 2.05 bits per heavy atom. The molecule has 0 atom stereocenters. The van der Waals surface area contributed by atoms with Crippen LogP contribution in [0.5, 0.6) is 0 Å². The van der Waals surface area contributed by atoms with Gasteiger partial charge in [-0.2, -0.15) is 0 Å². The third-order valence-corrected chi connectivity index (χ3v) is 4.17. The number of rotatable bonds is 4. The average molecular weight is 291 g/mol. The lowest BCUT2D eigenvalue weighted by Crippen LogP contribution is -2.20. The number of benzene rings is 1. The van der Waals surface area contributed by atoms with Gasteiger partial charge in [0.05, 0.1) is 11.4 Å². The summed E-state index contributed by atoms with van der Waals surface area (Å²) in [7, 11) is 0. The smallest absolute Gasteiger partial charge is 0.307 e. The van der Waals surface area contributed by atoms with Gasteiger partial charge >= 0.3 is 4.87 Å². The zero-order valence-electron chi connectivity index (χ0n) is 11.5. The van der Waals surface area contributed by atoms with Crippen LogP contribution < -0.4 is 15.9 Å². The summed E-state index contributed by atoms with van der Waals surface area (Å²) >= 11 is 1.21. The van der Waals surface area contributed by atoms with Crippen LogP contribution in [0, 0.1) is 13.8 Å². The number of para-hydroxylation sites is 2. The van der Waals surface area contributed by atoms with E-state index < -0.39 is 0 Å². The number of anilines is 2. The molecule has 20 heavy (non-hydrogen) atoms. The highest BCUT2D eigenvalue weighted by atomic mass is 32.1. The molecule has 5 nitrogen and oxygen atoms in total. The lowest BCUT2D eigenvalue weighted by Gasteiger charge is -2.08. The number of aromatic nitrogens is 1. The molecule has 0 unspecified atom stereocenters. The van der Waals surface area contributed by atoms with Gasteiger partial charge in [-0.05, 0) is 26.0 Å². The molecule has 1 aromatic heterocycles. The van der Waals surface area contributed by atoms with E-state index in [1.165, 1.54) is 11.3 Å². The van der Waals surface area contributed by atoms with Crippen LogP contribution in [0.1, 0.15) is 17.0 Å². The van der Waals surface area contributed by atoms with Crippen LogP contribution in [0.25, 0.3) is 0 Å². The SMILES string of the molecule is Cc1sc(=O)n(CCC(=O)Nc2ccccc2N)c1C. The minimum absolute atomic E-state index is 0.0213. The van der Waals surface area contributed by atoms with E-state index in [-0.39, 0.29) is 17.2 Å². The van der Waals surface area contributed by atoms with Crippen molar-refractivity contribution in [2.45, 2.75) is 26.8 Å². The van der Waals surface area contributed by atoms with E-state index in [0.717, 1.165) is 10.6 Å². The van der Waals surface area contributed by atoms with Gasteiger partial charge in [0, 0.05) is 23.5 Å². The van der Waals surface area contributed by atoms with E-state index in [1.54, 1.807) is 16.7 Å². The number of nitrogens with two attached hydrogens (primary N) is 1. The summed E-state index contributed by atoms with van der Waals surface area (Å²) in [6.45, 7) is 4.18. The molecule has 2 aromatic rings. The number of aryl methyl sites for hydroxylation is 1. The molecule has 0 saturated carbocycles. The summed E-state index contributed by atoms with van der Waals surface area (Å²) in [5, 5.41) is 2.75. The molecule has 0 fully saturated rings. The van der Waals surface area contributed by atoms with Crippen LogP contribution in [0.15, 0.2) is 29.1 Å². The van der Waals surface area contributed by atoms with E-state index in [0.29, 0.717) is 17.9 Å². The molecule has 0 saturated heterocycles. The van der Waals surface area contributed by atoms with Gasteiger partial charge in [0.1, 0.15) is 0 Å². The van der Waals surface area contributed by atoms with Crippen molar-refractivity contribution < 1.29 is 4.79 Å². The van der Waals surface area contributed by atoms with Crippen LogP contribution in [0.2, 0.25) is 0 Å². The van der Waals surface area contributed by atoms with Crippen LogP contribution in [0.3, 0.4) is 0 Å². The highest BCUT2D eigenvalue weighted by Crippen LogP contribution is 2.17. The Labute approximate surface area is 121 Å². The predicted molar refractivity (Wildman–Crippen MR) is 82.2 cm³/mol. The molecular weight excluding hydrogens is 274 g/mol. The Bertz CT molecular complexity index is 688. The number of carbonyl (C=O) groups excluding carboxylic acids is 1. The summed E-state index contributed by atoms with van der Waals surface area (Å²) in [5.41, 5.74) is 7.81. The molecule has 106 valence electrons. The maximum atomic E-state index is 11.9. The van der Waals surface area contributed by atoms with Crippen molar-refractivity contribution >= 4 is 28.6 Å². The fourth-order valence-electron chi connectivity index (χ4n) is 1.88. The summed E-state index contributed by atoms with van der Waals surface area (Å²) in [4.78, 5) is 24.6. The van der Waals surface area contributed by atoms with Gasteiger partial charge in [0.2, 0.25) is 5.91 Å². The zero-order chi connectivity index (χ0) is 14.7. The van der Waals surface area contributed by atoms with Crippen molar-refractivity contribution in [3.8, 4) is 0 Å². The topological polar surface area (TPSA) is 77.1 Å². The second-order valence-corrected chi connectivity index (χ2v) is 5.71. The number of hydrogen-bond donors (Lipinski definition) is 2. The summed E-state index contributed by atoms with van der Waals surface area (Å²) in [5.74, 6) is -0.155. The van der Waals surface area contributed by atoms with Crippen molar-refractivity contribution in [3.05, 3.63) is 44.5 Å². The third kappa shape index (κ3) is 3.08. The van der Waals surface area contributed by atoms with Gasteiger partial charge in [0.15, 0.2) is 0 Å². The average Bonchev–Trinajstić information content (AvgIpc) is 2.64. The van der Waals surface area contributed by atoms with Crippen LogP contribution in [-0.2, 0) is 11.3 Å². The molecule has 0 spiro atoms. The van der Waals surface area contributed by atoms with Crippen molar-refractivity contribution in [1.82, 2.24) is 4.57 Å². The monoisotopic (exact) mass is 291 g/mol. The van der Waals surface area contributed by atoms with E-state index in [4.69, 9.17) is 5.73 Å². The Hall–Kier alpha value is -2.08. The number of nitrogens with one attached hydrogen (secondary N) is 1. The Balaban J connectivity index is 1.99. The Morgan fingerprint density at radius 1 is 1.35 bits per heavy atom. The van der Waals surface area contributed by atoms with E-state index >= 15 is 0 Å². The van der Waals surface area contributed by atoms with Gasteiger partial charge < -0.3 is 15.6 Å². The first-order valence-electron chi connectivity index (χ1n) is 6.30. The molecule has 2 rings (SSSR count). The Kier molecular flexibility index (Phi) is 4.24. The largest absolute Gasteiger partial charge is 0.397 e. The van der Waals surface area contributed by atoms with Gasteiger partial charge in [-0.15, -0.1) is 0 Å². The first kappa shape index (κ1) is 14.3. The highest BCUT2D eigenvalue weighted by Gasteiger charge is 2.10. The molecule has 0 aliphatic heterocycles. The lowest BCUT2D eigenvalue weighted by molar-refractivity contribution is -0.116. The molecule has 0 radical (unpaired) electrons. The van der Waals surface area contributed by atoms with Crippen molar-refractivity contribution in [2.75, 3.05) is 11.1 Å². The minimum Gasteiger partial charge on any atom is -0.397 e.